The Labute approximate surface area is 231 Å². The smallest absolute Gasteiger partial charge is 0.250 e. The van der Waals surface area contributed by atoms with Crippen LogP contribution in [-0.4, -0.2) is 23.3 Å². The fourth-order valence-electron chi connectivity index (χ4n) is 6.33. The van der Waals surface area contributed by atoms with E-state index in [0.717, 1.165) is 34.5 Å². The number of aromatic nitrogens is 1. The molecule has 2 heterocycles. The molecule has 1 fully saturated rings. The van der Waals surface area contributed by atoms with Crippen LogP contribution in [0.1, 0.15) is 81.4 Å². The van der Waals surface area contributed by atoms with Crippen LogP contribution in [-0.2, 0) is 16.0 Å². The van der Waals surface area contributed by atoms with Crippen molar-refractivity contribution >= 4 is 39.8 Å². The summed E-state index contributed by atoms with van der Waals surface area (Å²) in [4.78, 5) is 33.9. The van der Waals surface area contributed by atoms with Gasteiger partial charge in [-0.25, -0.2) is 0 Å². The summed E-state index contributed by atoms with van der Waals surface area (Å²) in [5, 5.41) is 0.880. The van der Waals surface area contributed by atoms with E-state index in [1.807, 2.05) is 18.2 Å². The summed E-state index contributed by atoms with van der Waals surface area (Å²) in [6, 6.07) is 12.3. The van der Waals surface area contributed by atoms with Crippen molar-refractivity contribution in [1.82, 2.24) is 4.98 Å². The normalized spacial score (nSPS) is 19.4. The lowest BCUT2D eigenvalue weighted by Crippen LogP contribution is -2.27. The van der Waals surface area contributed by atoms with E-state index in [9.17, 15) is 9.59 Å². The number of rotatable bonds is 4. The molecule has 2 aliphatic rings. The third kappa shape index (κ3) is 5.34. The van der Waals surface area contributed by atoms with Crippen LogP contribution in [0.5, 0.6) is 0 Å². The van der Waals surface area contributed by atoms with Gasteiger partial charge in [0.05, 0.1) is 22.5 Å². The molecular formula is C34H37N3O2. The average molecular weight is 520 g/mol. The second kappa shape index (κ2) is 11.5. The zero-order chi connectivity index (χ0) is 27.5. The Balaban J connectivity index is 1.62. The zero-order valence-electron chi connectivity index (χ0n) is 23.1. The molecule has 2 aromatic carbocycles. The molecule has 2 unspecified atom stereocenters. The lowest BCUT2D eigenvalue weighted by atomic mass is 9.88. The third-order valence-corrected chi connectivity index (χ3v) is 8.44. The Bertz CT molecular complexity index is 1470. The molecule has 2 amide bonds. The highest BCUT2D eigenvalue weighted by molar-refractivity contribution is 6.10. The molecule has 1 aliphatic carbocycles. The molecule has 1 aromatic heterocycles. The van der Waals surface area contributed by atoms with Crippen LogP contribution in [0.25, 0.3) is 10.9 Å². The first-order chi connectivity index (χ1) is 18.9. The van der Waals surface area contributed by atoms with Gasteiger partial charge < -0.3 is 4.90 Å². The number of carbonyl (C=O) groups excluding carboxylic acids is 2. The van der Waals surface area contributed by atoms with Gasteiger partial charge in [0, 0.05) is 30.7 Å². The van der Waals surface area contributed by atoms with E-state index in [0.29, 0.717) is 29.4 Å². The van der Waals surface area contributed by atoms with Gasteiger partial charge in [-0.15, -0.1) is 6.42 Å². The van der Waals surface area contributed by atoms with Gasteiger partial charge in [-0.1, -0.05) is 63.7 Å². The van der Waals surface area contributed by atoms with E-state index >= 15 is 0 Å². The molecular weight excluding hydrogens is 482 g/mol. The number of amides is 2. The van der Waals surface area contributed by atoms with Crippen LogP contribution in [0, 0.1) is 18.3 Å². The Kier molecular flexibility index (Phi) is 7.84. The largest absolute Gasteiger partial charge is 0.308 e. The zero-order valence-corrected chi connectivity index (χ0v) is 23.1. The van der Waals surface area contributed by atoms with Crippen LogP contribution in [0.2, 0.25) is 0 Å². The summed E-state index contributed by atoms with van der Waals surface area (Å²) >= 11 is 0. The molecule has 5 rings (SSSR count). The lowest BCUT2D eigenvalue weighted by Gasteiger charge is -2.26. The van der Waals surface area contributed by atoms with Gasteiger partial charge in [0.15, 0.2) is 0 Å². The summed E-state index contributed by atoms with van der Waals surface area (Å²) in [6.07, 6.45) is 18.4. The third-order valence-electron chi connectivity index (χ3n) is 8.44. The first-order valence-electron chi connectivity index (χ1n) is 14.2. The number of pyridine rings is 1. The molecule has 0 N–H and O–H groups in total. The molecule has 1 aliphatic heterocycles. The fourth-order valence-corrected chi connectivity index (χ4v) is 6.33. The number of nitrogens with zero attached hydrogens (tertiary/aromatic N) is 3. The number of carbonyl (C=O) groups is 2. The van der Waals surface area contributed by atoms with Crippen molar-refractivity contribution in [2.75, 3.05) is 16.3 Å². The minimum Gasteiger partial charge on any atom is -0.308 e. The van der Waals surface area contributed by atoms with Gasteiger partial charge in [-0.2, -0.15) is 0 Å². The number of hydrogen-bond acceptors (Lipinski definition) is 3. The van der Waals surface area contributed by atoms with Crippen LogP contribution in [0.15, 0.2) is 55.3 Å². The van der Waals surface area contributed by atoms with E-state index in [4.69, 9.17) is 6.42 Å². The van der Waals surface area contributed by atoms with Crippen LogP contribution < -0.4 is 9.80 Å². The summed E-state index contributed by atoms with van der Waals surface area (Å²) < 4.78 is 0. The fraction of sp³-hybridized carbons (Fsp3) is 0.382. The minimum absolute atomic E-state index is 0.145. The van der Waals surface area contributed by atoms with Crippen LogP contribution in [0.4, 0.5) is 17.1 Å². The van der Waals surface area contributed by atoms with Gasteiger partial charge in [-0.05, 0) is 72.6 Å². The second-order valence-corrected chi connectivity index (χ2v) is 11.1. The van der Waals surface area contributed by atoms with Crippen molar-refractivity contribution in [2.45, 2.75) is 71.1 Å². The average Bonchev–Trinajstić information content (AvgIpc) is 3.40. The highest BCUT2D eigenvalue weighted by Gasteiger charge is 2.27. The van der Waals surface area contributed by atoms with Crippen LogP contribution >= 0.6 is 0 Å². The van der Waals surface area contributed by atoms with Crippen molar-refractivity contribution in [1.29, 1.82) is 0 Å². The van der Waals surface area contributed by atoms with Gasteiger partial charge >= 0.3 is 0 Å². The number of anilines is 3. The van der Waals surface area contributed by atoms with Gasteiger partial charge in [-0.3, -0.25) is 19.5 Å². The summed E-state index contributed by atoms with van der Waals surface area (Å²) in [7, 11) is 0. The summed E-state index contributed by atoms with van der Waals surface area (Å²) in [6.45, 7) is 8.17. The molecule has 0 saturated heterocycles. The highest BCUT2D eigenvalue weighted by atomic mass is 16.2. The van der Waals surface area contributed by atoms with E-state index in [1.165, 1.54) is 56.6 Å². The molecule has 5 nitrogen and oxygen atoms in total. The molecule has 5 heteroatoms. The first kappa shape index (κ1) is 26.7. The van der Waals surface area contributed by atoms with E-state index in [1.54, 1.807) is 22.9 Å². The molecule has 200 valence electrons. The molecule has 2 atom stereocenters. The number of hydrogen-bond donors (Lipinski definition) is 0. The minimum atomic E-state index is -0.152. The van der Waals surface area contributed by atoms with E-state index in [2.05, 4.69) is 42.6 Å². The highest BCUT2D eigenvalue weighted by Crippen LogP contribution is 2.41. The summed E-state index contributed by atoms with van der Waals surface area (Å²) in [5.41, 5.74) is 5.90. The molecule has 3 aromatic rings. The standard InChI is InChI=1S/C34H37N3O2/c1-5-25-22-35-31-17-15-28(26-12-8-7-10-23(3)11-9-13-26)20-30(31)34(25)37(24(4)38)29-16-14-27-18-19-36(32(27)21-29)33(39)6-2/h1,6,14-17,20-23,26H,2,7-13,18-19H2,3-4H3. The van der Waals surface area contributed by atoms with Crippen molar-refractivity contribution in [3.05, 3.63) is 71.9 Å². The monoisotopic (exact) mass is 519 g/mol. The lowest BCUT2D eigenvalue weighted by molar-refractivity contribution is -0.116. The van der Waals surface area contributed by atoms with Crippen molar-refractivity contribution in [2.24, 2.45) is 5.92 Å². The second-order valence-electron chi connectivity index (χ2n) is 11.1. The topological polar surface area (TPSA) is 53.5 Å². The van der Waals surface area contributed by atoms with Crippen molar-refractivity contribution in [3.63, 3.8) is 0 Å². The Morgan fingerprint density at radius 1 is 1.10 bits per heavy atom. The number of fused-ring (bicyclic) bond motifs is 2. The Morgan fingerprint density at radius 2 is 1.87 bits per heavy atom. The number of benzene rings is 2. The summed E-state index contributed by atoms with van der Waals surface area (Å²) in [5.74, 6) is 3.75. The maximum absolute atomic E-state index is 13.3. The van der Waals surface area contributed by atoms with Gasteiger partial charge in [0.1, 0.15) is 0 Å². The molecule has 0 bridgehead atoms. The predicted molar refractivity (Wildman–Crippen MR) is 159 cm³/mol. The first-order valence-corrected chi connectivity index (χ1v) is 14.2. The van der Waals surface area contributed by atoms with E-state index in [-0.39, 0.29) is 11.8 Å². The number of terminal acetylenes is 1. The maximum atomic E-state index is 13.3. The predicted octanol–water partition coefficient (Wildman–Crippen LogP) is 7.44. The Morgan fingerprint density at radius 3 is 2.64 bits per heavy atom. The quantitative estimate of drug-likeness (QED) is 0.266. The molecule has 1 saturated carbocycles. The molecule has 39 heavy (non-hydrogen) atoms. The molecule has 0 spiro atoms. The maximum Gasteiger partial charge on any atom is 0.250 e. The van der Waals surface area contributed by atoms with E-state index < -0.39 is 0 Å². The molecule has 0 radical (unpaired) electrons. The van der Waals surface area contributed by atoms with Crippen LogP contribution in [0.3, 0.4) is 0 Å². The SMILES string of the molecule is C#Cc1cnc2ccc(C3CCCCC(C)CCC3)cc2c1N(C(C)=O)c1ccc2c(c1)N(C(=O)C=C)CC2. The van der Waals surface area contributed by atoms with Crippen molar-refractivity contribution < 1.29 is 9.59 Å². The Hall–Kier alpha value is -3.91. The van der Waals surface area contributed by atoms with Gasteiger partial charge in [0.25, 0.3) is 0 Å². The van der Waals surface area contributed by atoms with Gasteiger partial charge in [0.2, 0.25) is 11.8 Å². The van der Waals surface area contributed by atoms with Crippen molar-refractivity contribution in [3.8, 4) is 12.3 Å².